The van der Waals surface area contributed by atoms with E-state index in [9.17, 15) is 4.79 Å². The van der Waals surface area contributed by atoms with E-state index in [2.05, 4.69) is 16.3 Å². The highest BCUT2D eigenvalue weighted by molar-refractivity contribution is 7.16. The smallest absolute Gasteiger partial charge is 0.321 e. The second kappa shape index (κ2) is 7.53. The Morgan fingerprint density at radius 3 is 2.35 bits per heavy atom. The van der Waals surface area contributed by atoms with Crippen LogP contribution in [0.4, 0.5) is 10.5 Å². The number of thiophene rings is 1. The third-order valence-corrected chi connectivity index (χ3v) is 5.23. The summed E-state index contributed by atoms with van der Waals surface area (Å²) in [5.41, 5.74) is 0.759. The SMILES string of the molecule is O=C(Nc1ccc(Cl)cc1)N1CCN(Cc2ccc(Cl)s2)CC1. The van der Waals surface area contributed by atoms with Crippen LogP contribution in [0.1, 0.15) is 4.88 Å². The first-order valence-corrected chi connectivity index (χ1v) is 8.95. The van der Waals surface area contributed by atoms with Crippen molar-refractivity contribution in [2.45, 2.75) is 6.54 Å². The molecule has 0 unspecified atom stereocenters. The Kier molecular flexibility index (Phi) is 5.43. The standard InChI is InChI=1S/C16H17Cl2N3OS/c17-12-1-3-13(4-2-12)19-16(22)21-9-7-20(8-10-21)11-14-5-6-15(18)23-14/h1-6H,7-11H2,(H,19,22). The largest absolute Gasteiger partial charge is 0.322 e. The molecule has 1 aliphatic rings. The van der Waals surface area contributed by atoms with Gasteiger partial charge in [0.25, 0.3) is 0 Å². The van der Waals surface area contributed by atoms with Crippen molar-refractivity contribution in [2.24, 2.45) is 0 Å². The van der Waals surface area contributed by atoms with Crippen LogP contribution < -0.4 is 5.32 Å². The number of rotatable bonds is 3. The molecule has 1 N–H and O–H groups in total. The van der Waals surface area contributed by atoms with Crippen molar-refractivity contribution in [3.63, 3.8) is 0 Å². The molecule has 2 aromatic rings. The van der Waals surface area contributed by atoms with E-state index in [4.69, 9.17) is 23.2 Å². The predicted octanol–water partition coefficient (Wildman–Crippen LogP) is 4.40. The molecule has 0 atom stereocenters. The lowest BCUT2D eigenvalue weighted by atomic mass is 10.3. The molecule has 2 heterocycles. The summed E-state index contributed by atoms with van der Waals surface area (Å²) in [6, 6.07) is 11.1. The maximum atomic E-state index is 12.3. The summed E-state index contributed by atoms with van der Waals surface area (Å²) < 4.78 is 0.820. The average molecular weight is 370 g/mol. The number of piperazine rings is 1. The van der Waals surface area contributed by atoms with E-state index < -0.39 is 0 Å². The van der Waals surface area contributed by atoms with Gasteiger partial charge in [-0.2, -0.15) is 0 Å². The monoisotopic (exact) mass is 369 g/mol. The van der Waals surface area contributed by atoms with Gasteiger partial charge in [0.05, 0.1) is 4.34 Å². The third kappa shape index (κ3) is 4.61. The van der Waals surface area contributed by atoms with E-state index >= 15 is 0 Å². The molecule has 2 amide bonds. The number of hydrogen-bond donors (Lipinski definition) is 1. The van der Waals surface area contributed by atoms with Crippen LogP contribution in [0.3, 0.4) is 0 Å². The normalized spacial score (nSPS) is 15.7. The number of halogens is 2. The fourth-order valence-corrected chi connectivity index (χ4v) is 3.76. The van der Waals surface area contributed by atoms with Crippen molar-refractivity contribution in [2.75, 3.05) is 31.5 Å². The molecule has 1 aromatic heterocycles. The van der Waals surface area contributed by atoms with Crippen molar-refractivity contribution in [1.29, 1.82) is 0 Å². The average Bonchev–Trinajstić information content (AvgIpc) is 2.95. The number of carbonyl (C=O) groups is 1. The molecular formula is C16H17Cl2N3OS. The van der Waals surface area contributed by atoms with Crippen LogP contribution in [-0.4, -0.2) is 42.0 Å². The summed E-state index contributed by atoms with van der Waals surface area (Å²) in [5, 5.41) is 3.56. The lowest BCUT2D eigenvalue weighted by molar-refractivity contribution is 0.143. The third-order valence-electron chi connectivity index (χ3n) is 3.76. The molecule has 1 aliphatic heterocycles. The number of nitrogens with one attached hydrogen (secondary N) is 1. The van der Waals surface area contributed by atoms with E-state index in [1.807, 2.05) is 11.0 Å². The Bertz CT molecular complexity index is 666. The number of anilines is 1. The highest BCUT2D eigenvalue weighted by Crippen LogP contribution is 2.23. The van der Waals surface area contributed by atoms with Crippen molar-refractivity contribution >= 4 is 46.3 Å². The summed E-state index contributed by atoms with van der Waals surface area (Å²) in [5.74, 6) is 0. The fraction of sp³-hybridized carbons (Fsp3) is 0.312. The van der Waals surface area contributed by atoms with Crippen LogP contribution in [0.15, 0.2) is 36.4 Å². The minimum atomic E-state index is -0.0638. The molecule has 0 bridgehead atoms. The zero-order valence-electron chi connectivity index (χ0n) is 12.5. The Labute approximate surface area is 149 Å². The Morgan fingerprint density at radius 2 is 1.74 bits per heavy atom. The molecule has 4 nitrogen and oxygen atoms in total. The van der Waals surface area contributed by atoms with Gasteiger partial charge in [0.15, 0.2) is 0 Å². The molecule has 0 aliphatic carbocycles. The van der Waals surface area contributed by atoms with Crippen molar-refractivity contribution in [1.82, 2.24) is 9.80 Å². The zero-order chi connectivity index (χ0) is 16.2. The van der Waals surface area contributed by atoms with Crippen LogP contribution in [0.5, 0.6) is 0 Å². The molecular weight excluding hydrogens is 353 g/mol. The van der Waals surface area contributed by atoms with Crippen LogP contribution in [0.25, 0.3) is 0 Å². The molecule has 23 heavy (non-hydrogen) atoms. The van der Waals surface area contributed by atoms with Gasteiger partial charge < -0.3 is 10.2 Å². The van der Waals surface area contributed by atoms with Gasteiger partial charge in [0.2, 0.25) is 0 Å². The predicted molar refractivity (Wildman–Crippen MR) is 96.6 cm³/mol. The lowest BCUT2D eigenvalue weighted by Crippen LogP contribution is -2.49. The van der Waals surface area contributed by atoms with Crippen molar-refractivity contribution in [3.8, 4) is 0 Å². The van der Waals surface area contributed by atoms with Gasteiger partial charge in [0.1, 0.15) is 0 Å². The van der Waals surface area contributed by atoms with Crippen LogP contribution in [-0.2, 0) is 6.54 Å². The highest BCUT2D eigenvalue weighted by Gasteiger charge is 2.21. The first kappa shape index (κ1) is 16.6. The number of benzene rings is 1. The molecule has 1 saturated heterocycles. The van der Waals surface area contributed by atoms with Crippen LogP contribution >= 0.6 is 34.5 Å². The molecule has 3 rings (SSSR count). The first-order chi connectivity index (χ1) is 11.1. The van der Waals surface area contributed by atoms with Gasteiger partial charge in [-0.1, -0.05) is 23.2 Å². The van der Waals surface area contributed by atoms with Gasteiger partial charge in [-0.05, 0) is 36.4 Å². The minimum Gasteiger partial charge on any atom is -0.322 e. The molecule has 1 aromatic carbocycles. The number of amides is 2. The summed E-state index contributed by atoms with van der Waals surface area (Å²) in [4.78, 5) is 17.7. The quantitative estimate of drug-likeness (QED) is 0.869. The second-order valence-corrected chi connectivity index (χ2v) is 7.64. The van der Waals surface area contributed by atoms with Gasteiger partial charge in [-0.15, -0.1) is 11.3 Å². The van der Waals surface area contributed by atoms with Gasteiger partial charge in [-0.3, -0.25) is 4.90 Å². The van der Waals surface area contributed by atoms with E-state index in [0.717, 1.165) is 42.7 Å². The molecule has 1 fully saturated rings. The first-order valence-electron chi connectivity index (χ1n) is 7.38. The maximum absolute atomic E-state index is 12.3. The van der Waals surface area contributed by atoms with Crippen LogP contribution in [0, 0.1) is 0 Å². The fourth-order valence-electron chi connectivity index (χ4n) is 2.50. The topological polar surface area (TPSA) is 35.6 Å². The van der Waals surface area contributed by atoms with E-state index in [0.29, 0.717) is 5.02 Å². The van der Waals surface area contributed by atoms with Crippen LogP contribution in [0.2, 0.25) is 9.36 Å². The molecule has 0 saturated carbocycles. The summed E-state index contributed by atoms with van der Waals surface area (Å²) in [6.07, 6.45) is 0. The number of nitrogens with zero attached hydrogens (tertiary/aromatic N) is 2. The molecule has 122 valence electrons. The molecule has 0 spiro atoms. The maximum Gasteiger partial charge on any atom is 0.321 e. The number of carbonyl (C=O) groups excluding carboxylic acids is 1. The minimum absolute atomic E-state index is 0.0638. The highest BCUT2D eigenvalue weighted by atomic mass is 35.5. The Morgan fingerprint density at radius 1 is 1.04 bits per heavy atom. The summed E-state index contributed by atoms with van der Waals surface area (Å²) >= 11 is 13.4. The van der Waals surface area contributed by atoms with Gasteiger partial charge in [-0.25, -0.2) is 4.79 Å². The number of hydrogen-bond acceptors (Lipinski definition) is 3. The lowest BCUT2D eigenvalue weighted by Gasteiger charge is -2.34. The van der Waals surface area contributed by atoms with Gasteiger partial charge in [0, 0.05) is 48.3 Å². The Balaban J connectivity index is 1.48. The van der Waals surface area contributed by atoms with E-state index in [1.165, 1.54) is 4.88 Å². The van der Waals surface area contributed by atoms with Gasteiger partial charge >= 0.3 is 6.03 Å². The van der Waals surface area contributed by atoms with Crippen molar-refractivity contribution < 1.29 is 4.79 Å². The number of urea groups is 1. The Hall–Kier alpha value is -1.27. The molecule has 0 radical (unpaired) electrons. The van der Waals surface area contributed by atoms with E-state index in [-0.39, 0.29) is 6.03 Å². The van der Waals surface area contributed by atoms with Crippen molar-refractivity contribution in [3.05, 3.63) is 50.6 Å². The summed E-state index contributed by atoms with van der Waals surface area (Å²) in [7, 11) is 0. The summed E-state index contributed by atoms with van der Waals surface area (Å²) in [6.45, 7) is 4.06. The van der Waals surface area contributed by atoms with E-state index in [1.54, 1.807) is 35.6 Å². The second-order valence-electron chi connectivity index (χ2n) is 5.41. The molecule has 7 heteroatoms. The zero-order valence-corrected chi connectivity index (χ0v) is 14.8.